The Morgan fingerprint density at radius 3 is 2.19 bits per heavy atom. The summed E-state index contributed by atoms with van der Waals surface area (Å²) in [6.45, 7) is 0.656. The van der Waals surface area contributed by atoms with E-state index in [1.807, 2.05) is 23.1 Å². The largest absolute Gasteiger partial charge is 0.497 e. The van der Waals surface area contributed by atoms with Gasteiger partial charge in [-0.25, -0.2) is 0 Å². The Morgan fingerprint density at radius 1 is 0.926 bits per heavy atom. The van der Waals surface area contributed by atoms with Crippen LogP contribution in [0.2, 0.25) is 0 Å². The number of thioether (sulfide) groups is 1. The molecule has 0 saturated carbocycles. The standard InChI is InChI=1S/C20H23NO5S/c1-23-14-5-6-17(18(12-14)26-4)19(22)21-7-8-27-20(21)13-9-15(24-2)11-16(10-13)25-3/h5-6,9-12,20H,7-8H2,1-4H3/t20-/m1/s1. The van der Waals surface area contributed by atoms with E-state index in [2.05, 4.69) is 0 Å². The minimum Gasteiger partial charge on any atom is -0.497 e. The molecule has 6 nitrogen and oxygen atoms in total. The van der Waals surface area contributed by atoms with Crippen molar-refractivity contribution in [3.05, 3.63) is 47.5 Å². The maximum Gasteiger partial charge on any atom is 0.258 e. The molecule has 1 aliphatic heterocycles. The van der Waals surface area contributed by atoms with Gasteiger partial charge in [-0.1, -0.05) is 0 Å². The summed E-state index contributed by atoms with van der Waals surface area (Å²) in [4.78, 5) is 15.1. The minimum absolute atomic E-state index is 0.0775. The lowest BCUT2D eigenvalue weighted by atomic mass is 10.1. The molecule has 7 heteroatoms. The number of benzene rings is 2. The van der Waals surface area contributed by atoms with E-state index in [0.717, 1.165) is 11.3 Å². The van der Waals surface area contributed by atoms with Crippen LogP contribution in [0.5, 0.6) is 23.0 Å². The quantitative estimate of drug-likeness (QED) is 0.752. The maximum atomic E-state index is 13.2. The molecule has 0 radical (unpaired) electrons. The average molecular weight is 389 g/mol. The van der Waals surface area contributed by atoms with Crippen molar-refractivity contribution in [2.24, 2.45) is 0 Å². The SMILES string of the molecule is COc1cc(OC)cc([C@H]2SCCN2C(=O)c2ccc(OC)cc2OC)c1. The Morgan fingerprint density at radius 2 is 1.59 bits per heavy atom. The summed E-state index contributed by atoms with van der Waals surface area (Å²) in [6, 6.07) is 10.9. The Balaban J connectivity index is 1.94. The highest BCUT2D eigenvalue weighted by Crippen LogP contribution is 2.42. The molecule has 27 heavy (non-hydrogen) atoms. The van der Waals surface area contributed by atoms with Crippen molar-refractivity contribution >= 4 is 17.7 Å². The number of carbonyl (C=O) groups is 1. The summed E-state index contributed by atoms with van der Waals surface area (Å²) in [5.41, 5.74) is 1.48. The van der Waals surface area contributed by atoms with Crippen LogP contribution in [0, 0.1) is 0 Å². The summed E-state index contributed by atoms with van der Waals surface area (Å²) < 4.78 is 21.4. The van der Waals surface area contributed by atoms with Gasteiger partial charge in [0.15, 0.2) is 0 Å². The van der Waals surface area contributed by atoms with Crippen molar-refractivity contribution < 1.29 is 23.7 Å². The van der Waals surface area contributed by atoms with Gasteiger partial charge >= 0.3 is 0 Å². The van der Waals surface area contributed by atoms with Crippen LogP contribution in [0.15, 0.2) is 36.4 Å². The van der Waals surface area contributed by atoms with E-state index in [9.17, 15) is 4.79 Å². The Hall–Kier alpha value is -2.54. The highest BCUT2D eigenvalue weighted by Gasteiger charge is 2.33. The van der Waals surface area contributed by atoms with E-state index < -0.39 is 0 Å². The van der Waals surface area contributed by atoms with Gasteiger partial charge in [-0.05, 0) is 29.8 Å². The maximum absolute atomic E-state index is 13.2. The summed E-state index contributed by atoms with van der Waals surface area (Å²) in [5, 5.41) is -0.117. The van der Waals surface area contributed by atoms with Gasteiger partial charge in [0.2, 0.25) is 0 Å². The summed E-state index contributed by atoms with van der Waals surface area (Å²) in [5.74, 6) is 3.32. The van der Waals surface area contributed by atoms with Crippen molar-refractivity contribution in [1.29, 1.82) is 0 Å². The molecule has 1 saturated heterocycles. The molecule has 1 amide bonds. The molecule has 0 aliphatic carbocycles. The van der Waals surface area contributed by atoms with E-state index in [4.69, 9.17) is 18.9 Å². The third kappa shape index (κ3) is 3.93. The molecule has 1 aliphatic rings. The lowest BCUT2D eigenvalue weighted by molar-refractivity contribution is 0.0756. The van der Waals surface area contributed by atoms with Crippen LogP contribution in [0.4, 0.5) is 0 Å². The number of hydrogen-bond donors (Lipinski definition) is 0. The topological polar surface area (TPSA) is 57.2 Å². The van der Waals surface area contributed by atoms with E-state index in [-0.39, 0.29) is 11.3 Å². The van der Waals surface area contributed by atoms with Gasteiger partial charge in [0, 0.05) is 24.4 Å². The van der Waals surface area contributed by atoms with Crippen molar-refractivity contribution in [3.8, 4) is 23.0 Å². The second kappa shape index (κ2) is 8.43. The van der Waals surface area contributed by atoms with Gasteiger partial charge < -0.3 is 23.8 Å². The number of amides is 1. The molecule has 0 spiro atoms. The van der Waals surface area contributed by atoms with Gasteiger partial charge in [0.1, 0.15) is 28.4 Å². The zero-order valence-electron chi connectivity index (χ0n) is 15.9. The summed E-state index contributed by atoms with van der Waals surface area (Å²) >= 11 is 1.71. The Labute approximate surface area is 163 Å². The lowest BCUT2D eigenvalue weighted by Crippen LogP contribution is -2.30. The van der Waals surface area contributed by atoms with Crippen molar-refractivity contribution in [3.63, 3.8) is 0 Å². The molecule has 2 aromatic rings. The number of hydrogen-bond acceptors (Lipinski definition) is 6. The Kier molecular flexibility index (Phi) is 6.01. The van der Waals surface area contributed by atoms with Crippen LogP contribution >= 0.6 is 11.8 Å². The number of methoxy groups -OCH3 is 4. The predicted molar refractivity (Wildman–Crippen MR) is 105 cm³/mol. The molecule has 0 aromatic heterocycles. The fraction of sp³-hybridized carbons (Fsp3) is 0.350. The third-order valence-electron chi connectivity index (χ3n) is 4.45. The molecule has 144 valence electrons. The van der Waals surface area contributed by atoms with Gasteiger partial charge in [0.25, 0.3) is 5.91 Å². The zero-order valence-corrected chi connectivity index (χ0v) is 16.7. The number of ether oxygens (including phenoxy) is 4. The van der Waals surface area contributed by atoms with Crippen LogP contribution in [-0.2, 0) is 0 Å². The molecular weight excluding hydrogens is 366 g/mol. The van der Waals surface area contributed by atoms with Crippen molar-refractivity contribution in [1.82, 2.24) is 4.90 Å². The van der Waals surface area contributed by atoms with Crippen LogP contribution < -0.4 is 18.9 Å². The second-order valence-electron chi connectivity index (χ2n) is 5.93. The molecular formula is C20H23NO5S. The molecule has 0 N–H and O–H groups in total. The fourth-order valence-electron chi connectivity index (χ4n) is 3.06. The van der Waals surface area contributed by atoms with E-state index >= 15 is 0 Å². The van der Waals surface area contributed by atoms with Gasteiger partial charge in [-0.15, -0.1) is 11.8 Å². The zero-order chi connectivity index (χ0) is 19.4. The van der Waals surface area contributed by atoms with Gasteiger partial charge in [0.05, 0.1) is 34.0 Å². The molecule has 0 bridgehead atoms. The number of rotatable bonds is 6. The number of nitrogens with zero attached hydrogens (tertiary/aromatic N) is 1. The molecule has 1 fully saturated rings. The smallest absolute Gasteiger partial charge is 0.258 e. The average Bonchev–Trinajstić information content (AvgIpc) is 3.22. The third-order valence-corrected chi connectivity index (χ3v) is 5.71. The number of carbonyl (C=O) groups excluding carboxylic acids is 1. The van der Waals surface area contributed by atoms with Gasteiger partial charge in [-0.2, -0.15) is 0 Å². The van der Waals surface area contributed by atoms with E-state index in [1.54, 1.807) is 58.4 Å². The molecule has 1 atom stereocenters. The molecule has 3 rings (SSSR count). The normalized spacial score (nSPS) is 16.1. The molecule has 2 aromatic carbocycles. The fourth-order valence-corrected chi connectivity index (χ4v) is 4.29. The van der Waals surface area contributed by atoms with E-state index in [0.29, 0.717) is 35.1 Å². The van der Waals surface area contributed by atoms with Crippen molar-refractivity contribution in [2.45, 2.75) is 5.37 Å². The lowest BCUT2D eigenvalue weighted by Gasteiger charge is -2.25. The molecule has 1 heterocycles. The van der Waals surface area contributed by atoms with Crippen LogP contribution in [0.3, 0.4) is 0 Å². The summed E-state index contributed by atoms with van der Waals surface area (Å²) in [6.07, 6.45) is 0. The highest BCUT2D eigenvalue weighted by atomic mass is 32.2. The first-order valence-electron chi connectivity index (χ1n) is 8.48. The van der Waals surface area contributed by atoms with Crippen LogP contribution in [0.25, 0.3) is 0 Å². The second-order valence-corrected chi connectivity index (χ2v) is 7.12. The first kappa shape index (κ1) is 19.2. The van der Waals surface area contributed by atoms with Crippen LogP contribution in [-0.4, -0.2) is 51.5 Å². The predicted octanol–water partition coefficient (Wildman–Crippen LogP) is 3.61. The van der Waals surface area contributed by atoms with Crippen LogP contribution in [0.1, 0.15) is 21.3 Å². The van der Waals surface area contributed by atoms with Gasteiger partial charge in [-0.3, -0.25) is 4.79 Å². The highest BCUT2D eigenvalue weighted by molar-refractivity contribution is 7.99. The first-order chi connectivity index (χ1) is 13.1. The summed E-state index contributed by atoms with van der Waals surface area (Å²) in [7, 11) is 6.37. The first-order valence-corrected chi connectivity index (χ1v) is 9.53. The van der Waals surface area contributed by atoms with Crippen molar-refractivity contribution in [2.75, 3.05) is 40.7 Å². The van der Waals surface area contributed by atoms with E-state index in [1.165, 1.54) is 0 Å². The minimum atomic E-state index is -0.117. The Bertz CT molecular complexity index is 804. The molecule has 0 unspecified atom stereocenters. The monoisotopic (exact) mass is 389 g/mol.